The van der Waals surface area contributed by atoms with Crippen molar-refractivity contribution in [1.29, 1.82) is 0 Å². The molecule has 2 amide bonds. The van der Waals surface area contributed by atoms with Crippen molar-refractivity contribution in [3.63, 3.8) is 0 Å². The largest absolute Gasteiger partial charge is 0.350 e. The molecule has 0 aromatic heterocycles. The Morgan fingerprint density at radius 3 is 2.60 bits per heavy atom. The van der Waals surface area contributed by atoms with Crippen molar-refractivity contribution in [2.24, 2.45) is 5.41 Å². The quantitative estimate of drug-likeness (QED) is 0.771. The van der Waals surface area contributed by atoms with Gasteiger partial charge in [-0.2, -0.15) is 0 Å². The predicted octanol–water partition coefficient (Wildman–Crippen LogP) is 1.69. The van der Waals surface area contributed by atoms with Gasteiger partial charge in [0.2, 0.25) is 11.8 Å². The van der Waals surface area contributed by atoms with E-state index in [1.807, 2.05) is 0 Å². The first-order valence-electron chi connectivity index (χ1n) is 8.42. The van der Waals surface area contributed by atoms with E-state index in [-0.39, 0.29) is 30.3 Å². The van der Waals surface area contributed by atoms with Gasteiger partial charge in [0.25, 0.3) is 0 Å². The van der Waals surface area contributed by atoms with Crippen molar-refractivity contribution < 1.29 is 18.4 Å². The molecule has 2 atom stereocenters. The highest BCUT2D eigenvalue weighted by molar-refractivity contribution is 5.87. The number of hydrogen-bond acceptors (Lipinski definition) is 3. The van der Waals surface area contributed by atoms with Crippen LogP contribution in [0.2, 0.25) is 0 Å². The molecule has 25 heavy (non-hydrogen) atoms. The number of hydrogen-bond donors (Lipinski definition) is 3. The lowest BCUT2D eigenvalue weighted by Gasteiger charge is -2.33. The predicted molar refractivity (Wildman–Crippen MR) is 91.0 cm³/mol. The highest BCUT2D eigenvalue weighted by Gasteiger charge is 2.29. The van der Waals surface area contributed by atoms with Crippen molar-refractivity contribution in [1.82, 2.24) is 16.0 Å². The lowest BCUT2D eigenvalue weighted by atomic mass is 9.86. The summed E-state index contributed by atoms with van der Waals surface area (Å²) >= 11 is 0. The summed E-state index contributed by atoms with van der Waals surface area (Å²) in [5, 5.41) is 8.66. The number of carbonyl (C=O) groups is 2. The van der Waals surface area contributed by atoms with Crippen LogP contribution in [0.25, 0.3) is 0 Å². The highest BCUT2D eigenvalue weighted by atomic mass is 19.2. The van der Waals surface area contributed by atoms with Crippen LogP contribution in [-0.4, -0.2) is 37.5 Å². The molecular weight excluding hydrogens is 328 g/mol. The van der Waals surface area contributed by atoms with Gasteiger partial charge in [0.1, 0.15) is 0 Å². The van der Waals surface area contributed by atoms with Crippen LogP contribution in [0.4, 0.5) is 8.78 Å². The summed E-state index contributed by atoms with van der Waals surface area (Å²) in [4.78, 5) is 24.0. The van der Waals surface area contributed by atoms with E-state index in [0.29, 0.717) is 18.5 Å². The summed E-state index contributed by atoms with van der Waals surface area (Å²) in [6.07, 6.45) is 0.699. The zero-order valence-electron chi connectivity index (χ0n) is 14.8. The molecule has 0 spiro atoms. The minimum Gasteiger partial charge on any atom is -0.350 e. The number of piperidine rings is 1. The van der Waals surface area contributed by atoms with Gasteiger partial charge in [-0.1, -0.05) is 26.8 Å². The Bertz CT molecular complexity index is 644. The molecule has 2 rings (SSSR count). The molecule has 1 fully saturated rings. The lowest BCUT2D eigenvalue weighted by Crippen LogP contribution is -2.52. The average molecular weight is 353 g/mol. The number of carbonyl (C=O) groups excluding carboxylic acids is 2. The molecule has 2 unspecified atom stereocenters. The van der Waals surface area contributed by atoms with Crippen molar-refractivity contribution in [2.75, 3.05) is 19.6 Å². The number of amides is 2. The third-order valence-electron chi connectivity index (χ3n) is 4.29. The van der Waals surface area contributed by atoms with E-state index in [4.69, 9.17) is 0 Å². The van der Waals surface area contributed by atoms with Gasteiger partial charge in [0.15, 0.2) is 11.6 Å². The van der Waals surface area contributed by atoms with E-state index in [0.717, 1.165) is 12.6 Å². The van der Waals surface area contributed by atoms with E-state index in [1.54, 1.807) is 26.8 Å². The lowest BCUT2D eigenvalue weighted by molar-refractivity contribution is -0.131. The van der Waals surface area contributed by atoms with Crippen LogP contribution in [0.3, 0.4) is 0 Å². The van der Waals surface area contributed by atoms with Crippen LogP contribution in [0.15, 0.2) is 18.2 Å². The van der Waals surface area contributed by atoms with Crippen molar-refractivity contribution in [3.05, 3.63) is 35.4 Å². The third kappa shape index (κ3) is 5.22. The van der Waals surface area contributed by atoms with Crippen LogP contribution in [-0.2, 0) is 9.59 Å². The van der Waals surface area contributed by atoms with E-state index >= 15 is 0 Å². The first kappa shape index (κ1) is 19.3. The summed E-state index contributed by atoms with van der Waals surface area (Å²) in [7, 11) is 0. The van der Waals surface area contributed by atoms with E-state index < -0.39 is 17.0 Å². The number of halogens is 2. The molecule has 7 heteroatoms. The zero-order valence-corrected chi connectivity index (χ0v) is 14.8. The second kappa shape index (κ2) is 7.91. The molecule has 1 aliphatic rings. The van der Waals surface area contributed by atoms with Crippen molar-refractivity contribution in [3.8, 4) is 0 Å². The Balaban J connectivity index is 1.99. The molecule has 1 aromatic rings. The van der Waals surface area contributed by atoms with Gasteiger partial charge in [-0.3, -0.25) is 9.59 Å². The van der Waals surface area contributed by atoms with Gasteiger partial charge >= 0.3 is 0 Å². The van der Waals surface area contributed by atoms with Crippen LogP contribution in [0.1, 0.15) is 38.7 Å². The smallest absolute Gasteiger partial charge is 0.239 e. The molecule has 5 nitrogen and oxygen atoms in total. The Kier molecular flexibility index (Phi) is 6.11. The van der Waals surface area contributed by atoms with Crippen LogP contribution < -0.4 is 16.0 Å². The Morgan fingerprint density at radius 2 is 1.96 bits per heavy atom. The van der Waals surface area contributed by atoms with Crippen LogP contribution in [0.5, 0.6) is 0 Å². The molecule has 0 aliphatic carbocycles. The summed E-state index contributed by atoms with van der Waals surface area (Å²) in [5.74, 6) is -2.40. The number of benzene rings is 1. The molecular formula is C18H25F2N3O2. The molecule has 1 saturated heterocycles. The maximum atomic E-state index is 13.5. The minimum atomic E-state index is -0.890. The molecule has 1 heterocycles. The summed E-state index contributed by atoms with van der Waals surface area (Å²) in [6, 6.07) is 3.59. The Labute approximate surface area is 146 Å². The van der Waals surface area contributed by atoms with Crippen LogP contribution >= 0.6 is 0 Å². The fourth-order valence-electron chi connectivity index (χ4n) is 2.84. The SMILES string of the molecule is CC(C)(C)C(=O)NCC(=O)NC1CNCCC1c1ccc(F)c(F)c1. The second-order valence-electron chi connectivity index (χ2n) is 7.38. The first-order valence-corrected chi connectivity index (χ1v) is 8.42. The monoisotopic (exact) mass is 353 g/mol. The van der Waals surface area contributed by atoms with Gasteiger partial charge in [-0.25, -0.2) is 8.78 Å². The third-order valence-corrected chi connectivity index (χ3v) is 4.29. The maximum absolute atomic E-state index is 13.5. The molecule has 0 bridgehead atoms. The van der Waals surface area contributed by atoms with Crippen molar-refractivity contribution in [2.45, 2.75) is 39.2 Å². The molecule has 3 N–H and O–H groups in total. The van der Waals surface area contributed by atoms with Crippen molar-refractivity contribution >= 4 is 11.8 Å². The zero-order chi connectivity index (χ0) is 18.6. The van der Waals surface area contributed by atoms with E-state index in [1.165, 1.54) is 6.07 Å². The fourth-order valence-corrected chi connectivity index (χ4v) is 2.84. The highest BCUT2D eigenvalue weighted by Crippen LogP contribution is 2.27. The molecule has 1 aliphatic heterocycles. The second-order valence-corrected chi connectivity index (χ2v) is 7.38. The molecule has 138 valence electrons. The summed E-state index contributed by atoms with van der Waals surface area (Å²) < 4.78 is 26.7. The average Bonchev–Trinajstić information content (AvgIpc) is 2.55. The van der Waals surface area contributed by atoms with Gasteiger partial charge in [0, 0.05) is 23.9 Å². The van der Waals surface area contributed by atoms with E-state index in [2.05, 4.69) is 16.0 Å². The maximum Gasteiger partial charge on any atom is 0.239 e. The van der Waals surface area contributed by atoms with Crippen LogP contribution in [0, 0.1) is 17.0 Å². The topological polar surface area (TPSA) is 70.2 Å². The number of rotatable bonds is 4. The normalized spacial score (nSPS) is 20.8. The summed E-state index contributed by atoms with van der Waals surface area (Å²) in [6.45, 7) is 6.45. The van der Waals surface area contributed by atoms with Gasteiger partial charge in [0.05, 0.1) is 6.54 Å². The summed E-state index contributed by atoms with van der Waals surface area (Å²) in [5.41, 5.74) is 0.0883. The molecule has 0 radical (unpaired) electrons. The standard InChI is InChI=1S/C18H25F2N3O2/c1-18(2,3)17(25)22-10-16(24)23-15-9-21-7-6-12(15)11-4-5-13(19)14(20)8-11/h4-5,8,12,15,21H,6-7,9-10H2,1-3H3,(H,22,25)(H,23,24). The first-order chi connectivity index (χ1) is 11.7. The molecule has 1 aromatic carbocycles. The Morgan fingerprint density at radius 1 is 1.24 bits per heavy atom. The fraction of sp³-hybridized carbons (Fsp3) is 0.556. The minimum absolute atomic E-state index is 0.112. The van der Waals surface area contributed by atoms with Gasteiger partial charge < -0.3 is 16.0 Å². The molecule has 0 saturated carbocycles. The Hall–Kier alpha value is -2.02. The van der Waals surface area contributed by atoms with Gasteiger partial charge in [-0.15, -0.1) is 0 Å². The van der Waals surface area contributed by atoms with Gasteiger partial charge in [-0.05, 0) is 30.7 Å². The van der Waals surface area contributed by atoms with E-state index in [9.17, 15) is 18.4 Å². The number of nitrogens with one attached hydrogen (secondary N) is 3.